The van der Waals surface area contributed by atoms with Crippen LogP contribution in [0.4, 0.5) is 5.69 Å². The van der Waals surface area contributed by atoms with E-state index in [-0.39, 0.29) is 17.9 Å². The quantitative estimate of drug-likeness (QED) is 0.841. The fraction of sp³-hybridized carbons (Fsp3) is 0.316. The number of aryl methyl sites for hydroxylation is 1. The van der Waals surface area contributed by atoms with Gasteiger partial charge in [0.15, 0.2) is 0 Å². The lowest BCUT2D eigenvalue weighted by molar-refractivity contribution is -0.144. The first-order valence-corrected chi connectivity index (χ1v) is 8.26. The van der Waals surface area contributed by atoms with E-state index < -0.39 is 0 Å². The van der Waals surface area contributed by atoms with Crippen molar-refractivity contribution in [3.05, 3.63) is 64.2 Å². The zero-order valence-electron chi connectivity index (χ0n) is 13.3. The van der Waals surface area contributed by atoms with Gasteiger partial charge in [-0.2, -0.15) is 0 Å². The van der Waals surface area contributed by atoms with Crippen molar-refractivity contribution in [1.82, 2.24) is 0 Å². The number of anilines is 1. The van der Waals surface area contributed by atoms with Gasteiger partial charge in [-0.1, -0.05) is 35.9 Å². The molecule has 0 radical (unpaired) electrons. The van der Waals surface area contributed by atoms with Gasteiger partial charge in [0.05, 0.1) is 6.61 Å². The van der Waals surface area contributed by atoms with Gasteiger partial charge in [-0.3, -0.25) is 0 Å². The number of carbonyl (C=O) groups is 1. The van der Waals surface area contributed by atoms with Crippen LogP contribution in [0.25, 0.3) is 0 Å². The lowest BCUT2D eigenvalue weighted by Crippen LogP contribution is -2.37. The van der Waals surface area contributed by atoms with Crippen LogP contribution in [-0.2, 0) is 9.53 Å². The highest BCUT2D eigenvalue weighted by Crippen LogP contribution is 2.41. The molecule has 0 aliphatic carbocycles. The molecular formula is C19H20ClNO2. The van der Waals surface area contributed by atoms with Crippen LogP contribution in [0.2, 0.25) is 5.02 Å². The molecule has 0 amide bonds. The highest BCUT2D eigenvalue weighted by molar-refractivity contribution is 6.30. The van der Waals surface area contributed by atoms with Gasteiger partial charge in [0.25, 0.3) is 0 Å². The number of hydrogen-bond donors (Lipinski definition) is 1. The highest BCUT2D eigenvalue weighted by Gasteiger charge is 2.33. The predicted molar refractivity (Wildman–Crippen MR) is 93.1 cm³/mol. The van der Waals surface area contributed by atoms with E-state index in [1.165, 1.54) is 11.1 Å². The molecule has 1 aliphatic rings. The third kappa shape index (κ3) is 3.20. The van der Waals surface area contributed by atoms with E-state index in [0.717, 1.165) is 11.3 Å². The van der Waals surface area contributed by atoms with E-state index >= 15 is 0 Å². The lowest BCUT2D eigenvalue weighted by atomic mass is 9.80. The molecule has 0 saturated heterocycles. The molecular weight excluding hydrogens is 310 g/mol. The summed E-state index contributed by atoms with van der Waals surface area (Å²) in [6.07, 6.45) is 0.664. The topological polar surface area (TPSA) is 38.3 Å². The first-order valence-electron chi connectivity index (χ1n) is 7.88. The van der Waals surface area contributed by atoms with Gasteiger partial charge in [0.2, 0.25) is 0 Å². The van der Waals surface area contributed by atoms with Crippen molar-refractivity contribution in [2.45, 2.75) is 32.2 Å². The number of hydrogen-bond acceptors (Lipinski definition) is 3. The molecule has 2 atom stereocenters. The molecule has 1 aliphatic heterocycles. The molecule has 120 valence electrons. The average Bonchev–Trinajstić information content (AvgIpc) is 2.55. The molecule has 2 aromatic rings. The minimum absolute atomic E-state index is 0.126. The largest absolute Gasteiger partial charge is 0.464 e. The van der Waals surface area contributed by atoms with E-state index in [2.05, 4.69) is 24.4 Å². The van der Waals surface area contributed by atoms with Crippen LogP contribution in [0.1, 0.15) is 36.0 Å². The van der Waals surface area contributed by atoms with Crippen molar-refractivity contribution >= 4 is 23.3 Å². The molecule has 0 aromatic heterocycles. The summed E-state index contributed by atoms with van der Waals surface area (Å²) in [4.78, 5) is 12.2. The fourth-order valence-electron chi connectivity index (χ4n) is 3.23. The van der Waals surface area contributed by atoms with Crippen molar-refractivity contribution in [2.75, 3.05) is 11.9 Å². The van der Waals surface area contributed by atoms with Gasteiger partial charge in [0.1, 0.15) is 6.04 Å². The Balaban J connectivity index is 2.04. The van der Waals surface area contributed by atoms with Crippen molar-refractivity contribution in [1.29, 1.82) is 0 Å². The molecule has 1 N–H and O–H groups in total. The van der Waals surface area contributed by atoms with Gasteiger partial charge < -0.3 is 10.1 Å². The zero-order valence-corrected chi connectivity index (χ0v) is 14.1. The smallest absolute Gasteiger partial charge is 0.328 e. The lowest BCUT2D eigenvalue weighted by Gasteiger charge is -2.33. The molecule has 0 saturated carbocycles. The molecule has 0 spiro atoms. The summed E-state index contributed by atoms with van der Waals surface area (Å²) < 4.78 is 5.21. The maximum Gasteiger partial charge on any atom is 0.328 e. The van der Waals surface area contributed by atoms with E-state index in [9.17, 15) is 4.79 Å². The number of ether oxygens (including phenoxy) is 1. The Kier molecular flexibility index (Phi) is 4.58. The number of rotatable bonds is 3. The maximum absolute atomic E-state index is 12.2. The minimum Gasteiger partial charge on any atom is -0.464 e. The summed E-state index contributed by atoms with van der Waals surface area (Å²) >= 11 is 6.20. The predicted octanol–water partition coefficient (Wildman–Crippen LogP) is 4.53. The molecule has 4 heteroatoms. The SMILES string of the molecule is CCOC(=O)C1CC(c2ccccc2C)c2cc(Cl)ccc2N1. The summed E-state index contributed by atoms with van der Waals surface area (Å²) in [5.41, 5.74) is 4.53. The summed E-state index contributed by atoms with van der Waals surface area (Å²) in [7, 11) is 0. The molecule has 3 rings (SSSR count). The van der Waals surface area contributed by atoms with Gasteiger partial charge in [-0.15, -0.1) is 0 Å². The number of halogens is 1. The molecule has 1 heterocycles. The Hall–Kier alpha value is -2.00. The number of nitrogens with one attached hydrogen (secondary N) is 1. The van der Waals surface area contributed by atoms with Crippen molar-refractivity contribution < 1.29 is 9.53 Å². The molecule has 2 aromatic carbocycles. The van der Waals surface area contributed by atoms with Crippen LogP contribution in [0, 0.1) is 6.92 Å². The van der Waals surface area contributed by atoms with Crippen molar-refractivity contribution in [3.8, 4) is 0 Å². The monoisotopic (exact) mass is 329 g/mol. The third-order valence-electron chi connectivity index (χ3n) is 4.33. The molecule has 23 heavy (non-hydrogen) atoms. The number of benzene rings is 2. The van der Waals surface area contributed by atoms with Crippen LogP contribution >= 0.6 is 11.6 Å². The second-order valence-electron chi connectivity index (χ2n) is 5.83. The average molecular weight is 330 g/mol. The van der Waals surface area contributed by atoms with Crippen molar-refractivity contribution in [3.63, 3.8) is 0 Å². The van der Waals surface area contributed by atoms with Gasteiger partial charge in [0, 0.05) is 16.6 Å². The molecule has 0 bridgehead atoms. The van der Waals surface area contributed by atoms with Gasteiger partial charge in [-0.25, -0.2) is 4.79 Å². The van der Waals surface area contributed by atoms with Gasteiger partial charge in [-0.05, 0) is 55.2 Å². The van der Waals surface area contributed by atoms with Crippen LogP contribution in [0.3, 0.4) is 0 Å². The summed E-state index contributed by atoms with van der Waals surface area (Å²) in [5.74, 6) is -0.0766. The highest BCUT2D eigenvalue weighted by atomic mass is 35.5. The first-order chi connectivity index (χ1) is 11.1. The normalized spacial score (nSPS) is 19.6. The summed E-state index contributed by atoms with van der Waals surface area (Å²) in [5, 5.41) is 4.00. The Morgan fingerprint density at radius 2 is 2.04 bits per heavy atom. The number of fused-ring (bicyclic) bond motifs is 1. The zero-order chi connectivity index (χ0) is 16.4. The first kappa shape index (κ1) is 15.9. The third-order valence-corrected chi connectivity index (χ3v) is 4.56. The molecule has 0 fully saturated rings. The van der Waals surface area contributed by atoms with E-state index in [4.69, 9.17) is 16.3 Å². The number of esters is 1. The van der Waals surface area contributed by atoms with E-state index in [1.54, 1.807) is 0 Å². The Labute approximate surface area is 141 Å². The molecule has 3 nitrogen and oxygen atoms in total. The molecule has 2 unspecified atom stereocenters. The van der Waals surface area contributed by atoms with Crippen LogP contribution in [0.5, 0.6) is 0 Å². The van der Waals surface area contributed by atoms with Crippen LogP contribution < -0.4 is 5.32 Å². The second kappa shape index (κ2) is 6.63. The Morgan fingerprint density at radius 3 is 2.78 bits per heavy atom. The summed E-state index contributed by atoms with van der Waals surface area (Å²) in [6, 6.07) is 13.7. The van der Waals surface area contributed by atoms with E-state index in [0.29, 0.717) is 18.1 Å². The standard InChI is InChI=1S/C19H20ClNO2/c1-3-23-19(22)18-11-15(14-7-5-4-6-12(14)2)16-10-13(20)8-9-17(16)21-18/h4-10,15,18,21H,3,11H2,1-2H3. The summed E-state index contributed by atoms with van der Waals surface area (Å²) in [6.45, 7) is 4.31. The van der Waals surface area contributed by atoms with Gasteiger partial charge >= 0.3 is 5.97 Å². The van der Waals surface area contributed by atoms with Crippen LogP contribution in [-0.4, -0.2) is 18.6 Å². The Morgan fingerprint density at radius 1 is 1.26 bits per heavy atom. The fourth-order valence-corrected chi connectivity index (χ4v) is 3.41. The van der Waals surface area contributed by atoms with Crippen molar-refractivity contribution in [2.24, 2.45) is 0 Å². The second-order valence-corrected chi connectivity index (χ2v) is 6.26. The Bertz CT molecular complexity index is 729. The minimum atomic E-state index is -0.340. The maximum atomic E-state index is 12.2. The van der Waals surface area contributed by atoms with E-state index in [1.807, 2.05) is 37.3 Å². The number of carbonyl (C=O) groups excluding carboxylic acids is 1. The van der Waals surface area contributed by atoms with Crippen LogP contribution in [0.15, 0.2) is 42.5 Å².